The van der Waals surface area contributed by atoms with Gasteiger partial charge >= 0.3 is 0 Å². The highest BCUT2D eigenvalue weighted by atomic mass is 16.6. The lowest BCUT2D eigenvalue weighted by atomic mass is 10.0. The Morgan fingerprint density at radius 1 is 1.06 bits per heavy atom. The molecule has 9 heteroatoms. The summed E-state index contributed by atoms with van der Waals surface area (Å²) in [6, 6.07) is 11.2. The number of carbonyl (C=O) groups excluding carboxylic acids is 1. The highest BCUT2D eigenvalue weighted by Crippen LogP contribution is 2.31. The Morgan fingerprint density at radius 2 is 1.91 bits per heavy atom. The van der Waals surface area contributed by atoms with Gasteiger partial charge in [0.15, 0.2) is 17.3 Å². The van der Waals surface area contributed by atoms with Gasteiger partial charge in [0, 0.05) is 38.8 Å². The topological polar surface area (TPSA) is 94.4 Å². The molecule has 0 bridgehead atoms. The second-order valence-electron chi connectivity index (χ2n) is 9.04. The van der Waals surface area contributed by atoms with Crippen molar-refractivity contribution in [2.24, 2.45) is 5.92 Å². The molecule has 3 aromatic rings. The summed E-state index contributed by atoms with van der Waals surface area (Å²) in [6.07, 6.45) is 2.43. The van der Waals surface area contributed by atoms with Crippen molar-refractivity contribution in [2.45, 2.75) is 39.4 Å². The molecule has 0 radical (unpaired) electrons. The molecule has 2 aromatic heterocycles. The predicted octanol–water partition coefficient (Wildman–Crippen LogP) is 2.63. The molecule has 1 amide bonds. The normalized spacial score (nSPS) is 16.6. The van der Waals surface area contributed by atoms with Crippen LogP contribution in [0.2, 0.25) is 0 Å². The third-order valence-electron chi connectivity index (χ3n) is 6.29. The van der Waals surface area contributed by atoms with Crippen molar-refractivity contribution in [3.63, 3.8) is 0 Å². The smallest absolute Gasteiger partial charge is 0.270 e. The zero-order valence-corrected chi connectivity index (χ0v) is 19.6. The Balaban J connectivity index is 1.28. The van der Waals surface area contributed by atoms with Crippen molar-refractivity contribution < 1.29 is 14.3 Å². The number of aromatic nitrogens is 4. The maximum Gasteiger partial charge on any atom is 0.270 e. The summed E-state index contributed by atoms with van der Waals surface area (Å²) in [7, 11) is 0. The molecule has 0 fully saturated rings. The van der Waals surface area contributed by atoms with Crippen LogP contribution in [0.5, 0.6) is 11.5 Å². The van der Waals surface area contributed by atoms with E-state index in [9.17, 15) is 4.79 Å². The number of carbonyl (C=O) groups is 1. The quantitative estimate of drug-likeness (QED) is 0.602. The number of hydrogen-bond acceptors (Lipinski definition) is 7. The van der Waals surface area contributed by atoms with Gasteiger partial charge in [-0.05, 0) is 35.7 Å². The van der Waals surface area contributed by atoms with Crippen LogP contribution < -0.4 is 14.8 Å². The molecule has 34 heavy (non-hydrogen) atoms. The number of pyridine rings is 1. The molecular formula is C25H30N6O3. The molecule has 1 N–H and O–H groups in total. The first-order valence-corrected chi connectivity index (χ1v) is 11.8. The van der Waals surface area contributed by atoms with E-state index in [2.05, 4.69) is 55.9 Å². The van der Waals surface area contributed by atoms with Crippen LogP contribution in [0.4, 0.5) is 0 Å². The molecule has 0 saturated carbocycles. The van der Waals surface area contributed by atoms with Gasteiger partial charge in [0.05, 0.1) is 6.04 Å². The first-order chi connectivity index (χ1) is 16.6. The first kappa shape index (κ1) is 22.3. The van der Waals surface area contributed by atoms with E-state index in [1.807, 2.05) is 12.1 Å². The molecule has 1 aromatic carbocycles. The second-order valence-corrected chi connectivity index (χ2v) is 9.04. The average molecular weight is 463 g/mol. The number of rotatable bonds is 6. The zero-order valence-electron chi connectivity index (χ0n) is 19.6. The van der Waals surface area contributed by atoms with Crippen LogP contribution in [0.25, 0.3) is 0 Å². The number of benzene rings is 1. The fourth-order valence-corrected chi connectivity index (χ4v) is 4.46. The summed E-state index contributed by atoms with van der Waals surface area (Å²) >= 11 is 0. The molecule has 178 valence electrons. The standard InChI is InChI=1S/C25H30N6O3/c1-17(2)23(27-25(32)19-5-3-4-9-26-19)24-29-28-22-8-10-30(11-12-31(22)24)16-18-6-7-20-21(15-18)34-14-13-33-20/h3-7,9,15,17,23H,8,10-14,16H2,1-2H3,(H,27,32). The Bertz CT molecular complexity index is 1150. The van der Waals surface area contributed by atoms with Crippen LogP contribution >= 0.6 is 0 Å². The monoisotopic (exact) mass is 462 g/mol. The van der Waals surface area contributed by atoms with Gasteiger partial charge in [-0.1, -0.05) is 26.0 Å². The Kier molecular flexibility index (Phi) is 6.44. The van der Waals surface area contributed by atoms with Crippen LogP contribution in [-0.2, 0) is 19.5 Å². The maximum atomic E-state index is 12.8. The number of hydrogen-bond donors (Lipinski definition) is 1. The summed E-state index contributed by atoms with van der Waals surface area (Å²) in [5.41, 5.74) is 1.60. The van der Waals surface area contributed by atoms with E-state index in [1.54, 1.807) is 18.3 Å². The molecule has 2 aliphatic heterocycles. The summed E-state index contributed by atoms with van der Waals surface area (Å²) in [5, 5.41) is 12.1. The van der Waals surface area contributed by atoms with Crippen LogP contribution in [0.15, 0.2) is 42.6 Å². The lowest BCUT2D eigenvalue weighted by molar-refractivity contribution is 0.0916. The minimum Gasteiger partial charge on any atom is -0.486 e. The highest BCUT2D eigenvalue weighted by molar-refractivity contribution is 5.92. The van der Waals surface area contributed by atoms with Crippen LogP contribution in [0.3, 0.4) is 0 Å². The van der Waals surface area contributed by atoms with Crippen LogP contribution in [-0.4, -0.2) is 56.9 Å². The number of amides is 1. The van der Waals surface area contributed by atoms with E-state index in [4.69, 9.17) is 9.47 Å². The molecule has 2 aliphatic rings. The van der Waals surface area contributed by atoms with Gasteiger partial charge in [0.25, 0.3) is 5.91 Å². The molecule has 0 spiro atoms. The van der Waals surface area contributed by atoms with E-state index in [0.29, 0.717) is 18.9 Å². The molecule has 4 heterocycles. The number of ether oxygens (including phenoxy) is 2. The molecule has 1 atom stereocenters. The summed E-state index contributed by atoms with van der Waals surface area (Å²) < 4.78 is 13.6. The summed E-state index contributed by atoms with van der Waals surface area (Å²) in [6.45, 7) is 8.70. The largest absolute Gasteiger partial charge is 0.486 e. The van der Waals surface area contributed by atoms with Gasteiger partial charge in [0.2, 0.25) is 0 Å². The summed E-state index contributed by atoms with van der Waals surface area (Å²) in [4.78, 5) is 19.4. The van der Waals surface area contributed by atoms with Gasteiger partial charge < -0.3 is 19.4 Å². The van der Waals surface area contributed by atoms with E-state index in [0.717, 1.165) is 55.7 Å². The fraction of sp³-hybridized carbons (Fsp3) is 0.440. The van der Waals surface area contributed by atoms with E-state index in [-0.39, 0.29) is 17.9 Å². The van der Waals surface area contributed by atoms with Crippen molar-refractivity contribution in [3.8, 4) is 11.5 Å². The van der Waals surface area contributed by atoms with Crippen molar-refractivity contribution in [1.29, 1.82) is 0 Å². The highest BCUT2D eigenvalue weighted by Gasteiger charge is 2.28. The third-order valence-corrected chi connectivity index (χ3v) is 6.29. The van der Waals surface area contributed by atoms with E-state index < -0.39 is 0 Å². The molecule has 5 rings (SSSR count). The van der Waals surface area contributed by atoms with Crippen molar-refractivity contribution in [2.75, 3.05) is 26.3 Å². The minimum atomic E-state index is -0.250. The molecule has 0 saturated heterocycles. The van der Waals surface area contributed by atoms with E-state index >= 15 is 0 Å². The van der Waals surface area contributed by atoms with Gasteiger partial charge in [-0.25, -0.2) is 0 Å². The number of nitrogens with one attached hydrogen (secondary N) is 1. The minimum absolute atomic E-state index is 0.151. The molecule has 1 unspecified atom stereocenters. The van der Waals surface area contributed by atoms with Gasteiger partial charge in [-0.2, -0.15) is 0 Å². The van der Waals surface area contributed by atoms with Crippen molar-refractivity contribution in [3.05, 3.63) is 65.5 Å². The SMILES string of the molecule is CC(C)C(NC(=O)c1ccccn1)c1nnc2n1CCN(Cc1ccc3c(c1)OCCO3)CC2. The Hall–Kier alpha value is -3.46. The van der Waals surface area contributed by atoms with Crippen LogP contribution in [0.1, 0.15) is 47.6 Å². The lowest BCUT2D eigenvalue weighted by Crippen LogP contribution is -2.34. The molecule has 9 nitrogen and oxygen atoms in total. The fourth-order valence-electron chi connectivity index (χ4n) is 4.46. The predicted molar refractivity (Wildman–Crippen MR) is 126 cm³/mol. The van der Waals surface area contributed by atoms with Crippen LogP contribution in [0, 0.1) is 5.92 Å². The molecule has 0 aliphatic carbocycles. The number of fused-ring (bicyclic) bond motifs is 2. The summed E-state index contributed by atoms with van der Waals surface area (Å²) in [5.74, 6) is 3.34. The third kappa shape index (κ3) is 4.75. The number of nitrogens with zero attached hydrogens (tertiary/aromatic N) is 5. The van der Waals surface area contributed by atoms with Crippen molar-refractivity contribution >= 4 is 5.91 Å². The average Bonchev–Trinajstić information content (AvgIpc) is 3.15. The maximum absolute atomic E-state index is 12.8. The van der Waals surface area contributed by atoms with Gasteiger partial charge in [0.1, 0.15) is 24.7 Å². The second kappa shape index (κ2) is 9.80. The van der Waals surface area contributed by atoms with Gasteiger partial charge in [-0.15, -0.1) is 10.2 Å². The Morgan fingerprint density at radius 3 is 2.71 bits per heavy atom. The lowest BCUT2D eigenvalue weighted by Gasteiger charge is -2.24. The molecular weight excluding hydrogens is 432 g/mol. The van der Waals surface area contributed by atoms with Crippen molar-refractivity contribution in [1.82, 2.24) is 30.0 Å². The first-order valence-electron chi connectivity index (χ1n) is 11.8. The van der Waals surface area contributed by atoms with Gasteiger partial charge in [-0.3, -0.25) is 14.7 Å². The Labute approximate surface area is 199 Å². The zero-order chi connectivity index (χ0) is 23.5. The van der Waals surface area contributed by atoms with E-state index in [1.165, 1.54) is 5.56 Å².